The van der Waals surface area contributed by atoms with Crippen LogP contribution in [0, 0.1) is 5.82 Å². The van der Waals surface area contributed by atoms with Gasteiger partial charge >= 0.3 is 0 Å². The van der Waals surface area contributed by atoms with Crippen molar-refractivity contribution in [1.82, 2.24) is 19.9 Å². The van der Waals surface area contributed by atoms with E-state index in [0.29, 0.717) is 16.8 Å². The number of rotatable bonds is 2. The highest BCUT2D eigenvalue weighted by molar-refractivity contribution is 6.37. The molecule has 0 radical (unpaired) electrons. The van der Waals surface area contributed by atoms with E-state index < -0.39 is 5.82 Å². The van der Waals surface area contributed by atoms with Crippen LogP contribution in [0.3, 0.4) is 0 Å². The molecule has 3 aromatic rings. The molecule has 0 saturated heterocycles. The first-order valence-corrected chi connectivity index (χ1v) is 6.66. The summed E-state index contributed by atoms with van der Waals surface area (Å²) in [5.41, 5.74) is 1.34. The van der Waals surface area contributed by atoms with Crippen LogP contribution < -0.4 is 0 Å². The Labute approximate surface area is 129 Å². The summed E-state index contributed by atoms with van der Waals surface area (Å²) in [5, 5.41) is 0.252. The zero-order valence-electron chi connectivity index (χ0n) is 10.5. The third-order valence-corrected chi connectivity index (χ3v) is 3.27. The molecule has 0 fully saturated rings. The first-order chi connectivity index (χ1) is 10.1. The van der Waals surface area contributed by atoms with Gasteiger partial charge in [-0.15, -0.1) is 0 Å². The van der Waals surface area contributed by atoms with Gasteiger partial charge in [-0.2, -0.15) is 0 Å². The van der Waals surface area contributed by atoms with Gasteiger partial charge in [0.1, 0.15) is 21.8 Å². The highest BCUT2D eigenvalue weighted by atomic mass is 35.5. The fraction of sp³-hybridized carbons (Fsp3) is 0. The fourth-order valence-corrected chi connectivity index (χ4v) is 2.42. The highest BCUT2D eigenvalue weighted by Crippen LogP contribution is 2.33. The van der Waals surface area contributed by atoms with E-state index >= 15 is 0 Å². The van der Waals surface area contributed by atoms with Crippen LogP contribution in [0.25, 0.3) is 22.6 Å². The second-order valence-electron chi connectivity index (χ2n) is 4.10. The predicted octanol–water partition coefficient (Wildman–Crippen LogP) is 4.05. The molecule has 0 amide bonds. The van der Waals surface area contributed by atoms with E-state index in [2.05, 4.69) is 19.9 Å². The van der Waals surface area contributed by atoms with Gasteiger partial charge in [-0.05, 0) is 17.7 Å². The van der Waals surface area contributed by atoms with Gasteiger partial charge < -0.3 is 0 Å². The van der Waals surface area contributed by atoms with Gasteiger partial charge in [-0.25, -0.2) is 19.3 Å². The van der Waals surface area contributed by atoms with Crippen molar-refractivity contribution in [3.63, 3.8) is 0 Å². The van der Waals surface area contributed by atoms with E-state index in [1.807, 2.05) is 0 Å². The van der Waals surface area contributed by atoms with Gasteiger partial charge in [0.05, 0.1) is 11.8 Å². The number of hydrogen-bond donors (Lipinski definition) is 0. The zero-order valence-corrected chi connectivity index (χ0v) is 12.0. The highest BCUT2D eigenvalue weighted by Gasteiger charge is 2.15. The van der Waals surface area contributed by atoms with Gasteiger partial charge in [0, 0.05) is 12.4 Å². The molecule has 7 heteroatoms. The molecule has 2 heterocycles. The zero-order chi connectivity index (χ0) is 14.8. The molecule has 104 valence electrons. The first kappa shape index (κ1) is 13.9. The molecular weight excluding hydrogens is 314 g/mol. The van der Waals surface area contributed by atoms with Crippen molar-refractivity contribution in [3.05, 3.63) is 59.0 Å². The lowest BCUT2D eigenvalue weighted by Crippen LogP contribution is -1.96. The Morgan fingerprint density at radius 2 is 1.76 bits per heavy atom. The van der Waals surface area contributed by atoms with E-state index in [9.17, 15) is 4.39 Å². The van der Waals surface area contributed by atoms with Crippen LogP contribution in [-0.2, 0) is 0 Å². The number of nitrogens with zero attached hydrogens (tertiary/aromatic N) is 4. The van der Waals surface area contributed by atoms with Crippen molar-refractivity contribution >= 4 is 23.2 Å². The van der Waals surface area contributed by atoms with Crippen molar-refractivity contribution in [2.24, 2.45) is 0 Å². The van der Waals surface area contributed by atoms with Crippen molar-refractivity contribution in [2.75, 3.05) is 0 Å². The average Bonchev–Trinajstić information content (AvgIpc) is 2.47. The van der Waals surface area contributed by atoms with Crippen LogP contribution in [0.2, 0.25) is 10.3 Å². The maximum atomic E-state index is 13.3. The van der Waals surface area contributed by atoms with Gasteiger partial charge in [-0.1, -0.05) is 35.3 Å². The summed E-state index contributed by atoms with van der Waals surface area (Å²) in [6, 6.07) is 5.90. The second-order valence-corrected chi connectivity index (χ2v) is 4.82. The molecule has 3 rings (SSSR count). The molecule has 0 unspecified atom stereocenters. The maximum absolute atomic E-state index is 13.3. The Kier molecular flexibility index (Phi) is 3.77. The van der Waals surface area contributed by atoms with Crippen molar-refractivity contribution in [1.29, 1.82) is 0 Å². The molecule has 0 aliphatic rings. The second kappa shape index (κ2) is 5.71. The number of benzene rings is 1. The lowest BCUT2D eigenvalue weighted by Gasteiger charge is -2.08. The molecular formula is C14H7Cl2FN4. The number of hydrogen-bond acceptors (Lipinski definition) is 4. The van der Waals surface area contributed by atoms with Gasteiger partial charge in [0.2, 0.25) is 0 Å². The predicted molar refractivity (Wildman–Crippen MR) is 78.5 cm³/mol. The Hall–Kier alpha value is -2.11. The Morgan fingerprint density at radius 1 is 1.00 bits per heavy atom. The average molecular weight is 321 g/mol. The molecule has 0 spiro atoms. The van der Waals surface area contributed by atoms with Crippen LogP contribution >= 0.6 is 23.2 Å². The standard InChI is InChI=1S/C14H7Cl2FN4/c15-12-11(8-2-1-3-9(17)6-8)13(16)21-14(20-12)10-7-18-4-5-19-10/h1-7H. The summed E-state index contributed by atoms with van der Waals surface area (Å²) in [6.07, 6.45) is 4.55. The van der Waals surface area contributed by atoms with Crippen LogP contribution in [0.15, 0.2) is 42.9 Å². The Morgan fingerprint density at radius 3 is 2.38 bits per heavy atom. The summed E-state index contributed by atoms with van der Waals surface area (Å²) in [5.74, 6) is -0.129. The summed E-state index contributed by atoms with van der Waals surface area (Å²) < 4.78 is 13.3. The molecule has 2 aromatic heterocycles. The maximum Gasteiger partial charge on any atom is 0.182 e. The van der Waals surface area contributed by atoms with Crippen LogP contribution in [0.1, 0.15) is 0 Å². The summed E-state index contributed by atoms with van der Waals surface area (Å²) >= 11 is 12.3. The monoisotopic (exact) mass is 320 g/mol. The van der Waals surface area contributed by atoms with E-state index in [0.717, 1.165) is 0 Å². The Bertz CT molecular complexity index is 773. The third-order valence-electron chi connectivity index (χ3n) is 2.73. The Balaban J connectivity index is 2.13. The van der Waals surface area contributed by atoms with Gasteiger partial charge in [0.15, 0.2) is 5.82 Å². The van der Waals surface area contributed by atoms with Gasteiger partial charge in [0.25, 0.3) is 0 Å². The van der Waals surface area contributed by atoms with Gasteiger partial charge in [-0.3, -0.25) is 4.98 Å². The minimum atomic E-state index is -0.391. The van der Waals surface area contributed by atoms with Crippen LogP contribution in [0.4, 0.5) is 4.39 Å². The molecule has 0 aliphatic heterocycles. The van der Waals surface area contributed by atoms with Crippen LogP contribution in [-0.4, -0.2) is 19.9 Å². The quantitative estimate of drug-likeness (QED) is 0.668. The van der Waals surface area contributed by atoms with E-state index in [4.69, 9.17) is 23.2 Å². The molecule has 1 aromatic carbocycles. The smallest absolute Gasteiger partial charge is 0.182 e. The van der Waals surface area contributed by atoms with E-state index in [-0.39, 0.29) is 16.1 Å². The third kappa shape index (κ3) is 2.84. The number of halogens is 3. The summed E-state index contributed by atoms with van der Waals surface area (Å²) in [4.78, 5) is 16.3. The van der Waals surface area contributed by atoms with E-state index in [1.54, 1.807) is 12.1 Å². The molecule has 0 aliphatic carbocycles. The lowest BCUT2D eigenvalue weighted by atomic mass is 10.1. The molecule has 0 N–H and O–H groups in total. The summed E-state index contributed by atoms with van der Waals surface area (Å²) in [7, 11) is 0. The minimum Gasteiger partial charge on any atom is -0.261 e. The minimum absolute atomic E-state index is 0.126. The van der Waals surface area contributed by atoms with E-state index in [1.165, 1.54) is 30.7 Å². The van der Waals surface area contributed by atoms with Crippen LogP contribution in [0.5, 0.6) is 0 Å². The van der Waals surface area contributed by atoms with Crippen molar-refractivity contribution in [3.8, 4) is 22.6 Å². The molecule has 0 saturated carbocycles. The normalized spacial score (nSPS) is 10.6. The molecule has 0 bridgehead atoms. The molecule has 4 nitrogen and oxygen atoms in total. The lowest BCUT2D eigenvalue weighted by molar-refractivity contribution is 0.628. The molecule has 0 atom stereocenters. The summed E-state index contributed by atoms with van der Waals surface area (Å²) in [6.45, 7) is 0. The van der Waals surface area contributed by atoms with Crippen molar-refractivity contribution in [2.45, 2.75) is 0 Å². The first-order valence-electron chi connectivity index (χ1n) is 5.90. The number of aromatic nitrogens is 4. The largest absolute Gasteiger partial charge is 0.261 e. The SMILES string of the molecule is Fc1cccc(-c2c(Cl)nc(-c3cnccn3)nc2Cl)c1. The topological polar surface area (TPSA) is 51.6 Å². The molecule has 21 heavy (non-hydrogen) atoms. The van der Waals surface area contributed by atoms with Crippen molar-refractivity contribution < 1.29 is 4.39 Å². The fourth-order valence-electron chi connectivity index (χ4n) is 1.82.